The fourth-order valence-electron chi connectivity index (χ4n) is 1.47. The van der Waals surface area contributed by atoms with Gasteiger partial charge in [0.15, 0.2) is 0 Å². The molecular weight excluding hydrogens is 245 g/mol. The first-order valence-electron chi connectivity index (χ1n) is 5.12. The highest BCUT2D eigenvalue weighted by molar-refractivity contribution is 5.85. The molecule has 3 nitrogen and oxygen atoms in total. The minimum atomic E-state index is -0.527. The lowest BCUT2D eigenvalue weighted by Crippen LogP contribution is -2.32. The van der Waals surface area contributed by atoms with Crippen LogP contribution >= 0.6 is 12.4 Å². The number of hydrogen-bond donors (Lipinski definition) is 2. The summed E-state index contributed by atoms with van der Waals surface area (Å²) in [5.74, 6) is 0.176. The number of aliphatic hydroxyl groups excluding tert-OH is 1. The molecule has 0 amide bonds. The third kappa shape index (κ3) is 3.56. The van der Waals surface area contributed by atoms with Crippen molar-refractivity contribution >= 4 is 12.4 Å². The fourth-order valence-corrected chi connectivity index (χ4v) is 1.47. The van der Waals surface area contributed by atoms with Crippen molar-refractivity contribution in [2.45, 2.75) is 19.9 Å². The average Bonchev–Trinajstić information content (AvgIpc) is 2.28. The number of benzene rings is 1. The molecule has 0 aliphatic rings. The van der Waals surface area contributed by atoms with Crippen molar-refractivity contribution in [2.75, 3.05) is 13.7 Å². The summed E-state index contributed by atoms with van der Waals surface area (Å²) >= 11 is 0. The first-order chi connectivity index (χ1) is 7.42. The molecule has 3 N–H and O–H groups in total. The van der Waals surface area contributed by atoms with Gasteiger partial charge in [0, 0.05) is 23.6 Å². The van der Waals surface area contributed by atoms with Crippen LogP contribution in [0.15, 0.2) is 18.2 Å². The van der Waals surface area contributed by atoms with Gasteiger partial charge in [-0.1, -0.05) is 13.8 Å². The maximum atomic E-state index is 13.2. The number of rotatable bonds is 4. The van der Waals surface area contributed by atoms with Crippen LogP contribution in [0.4, 0.5) is 4.39 Å². The van der Waals surface area contributed by atoms with Crippen molar-refractivity contribution in [2.24, 2.45) is 11.1 Å². The standard InChI is InChI=1S/C12H18FNO2.ClH/c1-12(2,7-15)11(14)9-6-8(13)4-5-10(9)16-3;/h4-6,11,15H,7,14H2,1-3H3;1H/t11-;/m0./s1. The number of halogens is 2. The zero-order chi connectivity index (χ0) is 12.3. The highest BCUT2D eigenvalue weighted by atomic mass is 35.5. The Morgan fingerprint density at radius 3 is 2.53 bits per heavy atom. The number of aliphatic hydroxyl groups is 1. The molecule has 1 aromatic carbocycles. The molecule has 5 heteroatoms. The van der Waals surface area contributed by atoms with Gasteiger partial charge in [0.1, 0.15) is 11.6 Å². The van der Waals surface area contributed by atoms with E-state index in [9.17, 15) is 9.50 Å². The number of methoxy groups -OCH3 is 1. The van der Waals surface area contributed by atoms with Crippen LogP contribution < -0.4 is 10.5 Å². The van der Waals surface area contributed by atoms with Crippen LogP contribution in [0.25, 0.3) is 0 Å². The maximum absolute atomic E-state index is 13.2. The van der Waals surface area contributed by atoms with E-state index in [4.69, 9.17) is 10.5 Å². The van der Waals surface area contributed by atoms with Gasteiger partial charge in [0.2, 0.25) is 0 Å². The van der Waals surface area contributed by atoms with Gasteiger partial charge in [-0.25, -0.2) is 4.39 Å². The first-order valence-corrected chi connectivity index (χ1v) is 5.12. The Hall–Kier alpha value is -0.840. The second-order valence-corrected chi connectivity index (χ2v) is 4.51. The summed E-state index contributed by atoms with van der Waals surface area (Å²) < 4.78 is 18.3. The molecule has 0 unspecified atom stereocenters. The van der Waals surface area contributed by atoms with Crippen LogP contribution in [0.3, 0.4) is 0 Å². The molecule has 0 fully saturated rings. The van der Waals surface area contributed by atoms with Gasteiger partial charge in [0.25, 0.3) is 0 Å². The normalized spacial score (nSPS) is 12.8. The molecule has 1 rings (SSSR count). The predicted molar refractivity (Wildman–Crippen MR) is 68.0 cm³/mol. The Labute approximate surface area is 107 Å². The summed E-state index contributed by atoms with van der Waals surface area (Å²) in [4.78, 5) is 0. The zero-order valence-corrected chi connectivity index (χ0v) is 11.1. The minimum Gasteiger partial charge on any atom is -0.496 e. The molecule has 0 saturated carbocycles. The minimum absolute atomic E-state index is 0. The summed E-state index contributed by atoms with van der Waals surface area (Å²) in [6.07, 6.45) is 0. The van der Waals surface area contributed by atoms with Crippen molar-refractivity contribution in [3.8, 4) is 5.75 Å². The Balaban J connectivity index is 0.00000256. The lowest BCUT2D eigenvalue weighted by Gasteiger charge is -2.30. The zero-order valence-electron chi connectivity index (χ0n) is 10.2. The summed E-state index contributed by atoms with van der Waals surface area (Å²) in [7, 11) is 1.51. The van der Waals surface area contributed by atoms with E-state index in [0.29, 0.717) is 11.3 Å². The lowest BCUT2D eigenvalue weighted by molar-refractivity contribution is 0.131. The maximum Gasteiger partial charge on any atom is 0.123 e. The second-order valence-electron chi connectivity index (χ2n) is 4.51. The average molecular weight is 264 g/mol. The van der Waals surface area contributed by atoms with Gasteiger partial charge >= 0.3 is 0 Å². The van der Waals surface area contributed by atoms with E-state index in [1.165, 1.54) is 25.3 Å². The van der Waals surface area contributed by atoms with E-state index >= 15 is 0 Å². The van der Waals surface area contributed by atoms with Crippen LogP contribution in [0, 0.1) is 11.2 Å². The Kier molecular flexibility index (Phi) is 5.88. The van der Waals surface area contributed by atoms with Crippen LogP contribution in [0.1, 0.15) is 25.5 Å². The van der Waals surface area contributed by atoms with E-state index in [2.05, 4.69) is 0 Å². The van der Waals surface area contributed by atoms with Crippen molar-refractivity contribution in [3.05, 3.63) is 29.6 Å². The summed E-state index contributed by atoms with van der Waals surface area (Å²) in [6.45, 7) is 3.57. The number of nitrogens with two attached hydrogens (primary N) is 1. The first kappa shape index (κ1) is 16.2. The van der Waals surface area contributed by atoms with E-state index in [1.54, 1.807) is 0 Å². The van der Waals surface area contributed by atoms with Crippen molar-refractivity contribution < 1.29 is 14.2 Å². The Morgan fingerprint density at radius 2 is 2.06 bits per heavy atom. The van der Waals surface area contributed by atoms with Crippen LogP contribution in [0.5, 0.6) is 5.75 Å². The molecule has 98 valence electrons. The van der Waals surface area contributed by atoms with E-state index in [1.807, 2.05) is 13.8 Å². The SMILES string of the molecule is COc1ccc(F)cc1[C@H](N)C(C)(C)CO.Cl. The van der Waals surface area contributed by atoms with E-state index in [-0.39, 0.29) is 24.8 Å². The topological polar surface area (TPSA) is 55.5 Å². The summed E-state index contributed by atoms with van der Waals surface area (Å²) in [5, 5.41) is 9.24. The second kappa shape index (κ2) is 6.19. The molecular formula is C12H19ClFNO2. The molecule has 1 atom stereocenters. The monoisotopic (exact) mass is 263 g/mol. The van der Waals surface area contributed by atoms with E-state index < -0.39 is 11.5 Å². The smallest absolute Gasteiger partial charge is 0.123 e. The number of ether oxygens (including phenoxy) is 1. The molecule has 0 aliphatic carbocycles. The molecule has 0 aliphatic heterocycles. The predicted octanol–water partition coefficient (Wildman–Crippen LogP) is 2.27. The van der Waals surface area contributed by atoms with Gasteiger partial charge < -0.3 is 15.6 Å². The third-order valence-electron chi connectivity index (χ3n) is 2.78. The van der Waals surface area contributed by atoms with Crippen LogP contribution in [-0.4, -0.2) is 18.8 Å². The highest BCUT2D eigenvalue weighted by Gasteiger charge is 2.29. The van der Waals surface area contributed by atoms with E-state index in [0.717, 1.165) is 0 Å². The van der Waals surface area contributed by atoms with Gasteiger partial charge in [-0.2, -0.15) is 0 Å². The van der Waals surface area contributed by atoms with Crippen molar-refractivity contribution in [3.63, 3.8) is 0 Å². The quantitative estimate of drug-likeness (QED) is 0.876. The lowest BCUT2D eigenvalue weighted by atomic mass is 9.81. The fraction of sp³-hybridized carbons (Fsp3) is 0.500. The summed E-state index contributed by atoms with van der Waals surface area (Å²) in [6, 6.07) is 3.73. The molecule has 1 aromatic rings. The molecule has 0 saturated heterocycles. The summed E-state index contributed by atoms with van der Waals surface area (Å²) in [5.41, 5.74) is 6.07. The van der Waals surface area contributed by atoms with Crippen molar-refractivity contribution in [1.82, 2.24) is 0 Å². The van der Waals surface area contributed by atoms with Gasteiger partial charge in [-0.05, 0) is 18.2 Å². The largest absolute Gasteiger partial charge is 0.496 e. The van der Waals surface area contributed by atoms with Gasteiger partial charge in [-0.3, -0.25) is 0 Å². The van der Waals surface area contributed by atoms with Crippen molar-refractivity contribution in [1.29, 1.82) is 0 Å². The molecule has 0 heterocycles. The molecule has 0 spiro atoms. The Bertz CT molecular complexity index is 372. The number of hydrogen-bond acceptors (Lipinski definition) is 3. The molecule has 0 aromatic heterocycles. The Morgan fingerprint density at radius 1 is 1.47 bits per heavy atom. The van der Waals surface area contributed by atoms with Crippen LogP contribution in [-0.2, 0) is 0 Å². The molecule has 0 radical (unpaired) electrons. The van der Waals surface area contributed by atoms with Crippen LogP contribution in [0.2, 0.25) is 0 Å². The third-order valence-corrected chi connectivity index (χ3v) is 2.78. The molecule has 0 bridgehead atoms. The van der Waals surface area contributed by atoms with Gasteiger partial charge in [-0.15, -0.1) is 12.4 Å². The molecule has 17 heavy (non-hydrogen) atoms. The van der Waals surface area contributed by atoms with Gasteiger partial charge in [0.05, 0.1) is 7.11 Å². The highest BCUT2D eigenvalue weighted by Crippen LogP contribution is 2.35.